The van der Waals surface area contributed by atoms with Crippen molar-refractivity contribution in [3.63, 3.8) is 0 Å². The molecular weight excluding hydrogens is 230 g/mol. The molecule has 18 heavy (non-hydrogen) atoms. The van der Waals surface area contributed by atoms with E-state index in [1.807, 2.05) is 13.0 Å². The summed E-state index contributed by atoms with van der Waals surface area (Å²) in [5.74, 6) is 1.56. The Balaban J connectivity index is 2.03. The van der Waals surface area contributed by atoms with Gasteiger partial charge in [0.05, 0.1) is 0 Å². The first-order chi connectivity index (χ1) is 8.72. The van der Waals surface area contributed by atoms with Crippen molar-refractivity contribution in [2.45, 2.75) is 6.92 Å². The summed E-state index contributed by atoms with van der Waals surface area (Å²) in [5.41, 5.74) is 1.71. The minimum absolute atomic E-state index is 0.234. The third-order valence-electron chi connectivity index (χ3n) is 2.52. The van der Waals surface area contributed by atoms with E-state index in [0.29, 0.717) is 5.78 Å². The number of phenols is 1. The molecule has 1 aromatic carbocycles. The van der Waals surface area contributed by atoms with Crippen LogP contribution < -0.4 is 5.32 Å². The second kappa shape index (κ2) is 3.99. The van der Waals surface area contributed by atoms with Crippen molar-refractivity contribution >= 4 is 17.3 Å². The van der Waals surface area contributed by atoms with Crippen molar-refractivity contribution in [3.05, 3.63) is 42.4 Å². The number of aryl methyl sites for hydroxylation is 1. The summed E-state index contributed by atoms with van der Waals surface area (Å²) in [6.07, 6.45) is 1.46. The van der Waals surface area contributed by atoms with Crippen LogP contribution in [-0.2, 0) is 0 Å². The van der Waals surface area contributed by atoms with E-state index in [1.165, 1.54) is 6.33 Å². The Morgan fingerprint density at radius 3 is 2.78 bits per heavy atom. The Bertz CT molecular complexity index is 689. The summed E-state index contributed by atoms with van der Waals surface area (Å²) >= 11 is 0. The molecule has 3 rings (SSSR count). The molecule has 0 atom stereocenters. The summed E-state index contributed by atoms with van der Waals surface area (Å²) in [6, 6.07) is 8.69. The van der Waals surface area contributed by atoms with E-state index in [9.17, 15) is 5.11 Å². The molecule has 0 saturated heterocycles. The van der Waals surface area contributed by atoms with E-state index < -0.39 is 0 Å². The lowest BCUT2D eigenvalue weighted by Gasteiger charge is -2.08. The molecule has 0 aliphatic rings. The predicted octanol–water partition coefficient (Wildman–Crippen LogP) is 1.88. The number of hydrogen-bond acceptors (Lipinski definition) is 5. The largest absolute Gasteiger partial charge is 0.508 e. The summed E-state index contributed by atoms with van der Waals surface area (Å²) in [7, 11) is 0. The SMILES string of the molecule is Cc1cc(Nc2ccc(O)cc2)n2ncnc2n1. The fraction of sp³-hybridized carbons (Fsp3) is 0.0833. The van der Waals surface area contributed by atoms with Crippen molar-refractivity contribution in [3.8, 4) is 5.75 Å². The third kappa shape index (κ3) is 1.84. The van der Waals surface area contributed by atoms with Gasteiger partial charge in [-0.3, -0.25) is 0 Å². The average molecular weight is 241 g/mol. The highest BCUT2D eigenvalue weighted by molar-refractivity contribution is 5.59. The van der Waals surface area contributed by atoms with Crippen molar-refractivity contribution in [2.75, 3.05) is 5.32 Å². The van der Waals surface area contributed by atoms with Gasteiger partial charge < -0.3 is 10.4 Å². The van der Waals surface area contributed by atoms with Crippen LogP contribution in [0.3, 0.4) is 0 Å². The van der Waals surface area contributed by atoms with Crippen LogP contribution in [0.15, 0.2) is 36.7 Å². The molecule has 90 valence electrons. The van der Waals surface area contributed by atoms with E-state index in [4.69, 9.17) is 0 Å². The molecule has 0 amide bonds. The first-order valence-corrected chi connectivity index (χ1v) is 5.46. The Hall–Kier alpha value is -2.63. The zero-order chi connectivity index (χ0) is 12.5. The van der Waals surface area contributed by atoms with Crippen LogP contribution in [0.1, 0.15) is 5.69 Å². The molecule has 0 fully saturated rings. The Kier molecular flexibility index (Phi) is 2.33. The molecule has 0 spiro atoms. The quantitative estimate of drug-likeness (QED) is 0.670. The van der Waals surface area contributed by atoms with E-state index in [-0.39, 0.29) is 5.75 Å². The number of nitrogens with one attached hydrogen (secondary N) is 1. The second-order valence-electron chi connectivity index (χ2n) is 3.93. The van der Waals surface area contributed by atoms with Gasteiger partial charge in [-0.05, 0) is 31.2 Å². The van der Waals surface area contributed by atoms with E-state index in [0.717, 1.165) is 17.2 Å². The van der Waals surface area contributed by atoms with Gasteiger partial charge in [-0.15, -0.1) is 0 Å². The highest BCUT2D eigenvalue weighted by Crippen LogP contribution is 2.19. The van der Waals surface area contributed by atoms with Gasteiger partial charge in [0, 0.05) is 17.4 Å². The van der Waals surface area contributed by atoms with Crippen LogP contribution in [-0.4, -0.2) is 24.7 Å². The fourth-order valence-corrected chi connectivity index (χ4v) is 1.71. The number of aromatic hydroxyl groups is 1. The van der Waals surface area contributed by atoms with Crippen LogP contribution in [0.25, 0.3) is 5.78 Å². The fourth-order valence-electron chi connectivity index (χ4n) is 1.71. The summed E-state index contributed by atoms with van der Waals surface area (Å²) in [4.78, 5) is 8.32. The van der Waals surface area contributed by atoms with Crippen molar-refractivity contribution in [2.24, 2.45) is 0 Å². The van der Waals surface area contributed by atoms with Gasteiger partial charge in [0.25, 0.3) is 5.78 Å². The van der Waals surface area contributed by atoms with Gasteiger partial charge in [0.2, 0.25) is 0 Å². The monoisotopic (exact) mass is 241 g/mol. The summed E-state index contributed by atoms with van der Waals surface area (Å²) in [6.45, 7) is 1.90. The topological polar surface area (TPSA) is 75.3 Å². The molecule has 0 unspecified atom stereocenters. The maximum Gasteiger partial charge on any atom is 0.254 e. The molecule has 6 heteroatoms. The number of aromatic nitrogens is 4. The lowest BCUT2D eigenvalue weighted by Crippen LogP contribution is -2.02. The number of hydrogen-bond donors (Lipinski definition) is 2. The van der Waals surface area contributed by atoms with Crippen LogP contribution in [0, 0.1) is 6.92 Å². The maximum atomic E-state index is 9.24. The van der Waals surface area contributed by atoms with E-state index in [2.05, 4.69) is 20.4 Å². The standard InChI is InChI=1S/C12H11N5O/c1-8-6-11(17-12(15-8)13-7-14-17)16-9-2-4-10(18)5-3-9/h2-7,16,18H,1H3. The predicted molar refractivity (Wildman–Crippen MR) is 66.9 cm³/mol. The van der Waals surface area contributed by atoms with Gasteiger partial charge in [0.1, 0.15) is 17.9 Å². The Labute approximate surface area is 103 Å². The number of nitrogens with zero attached hydrogens (tertiary/aromatic N) is 4. The van der Waals surface area contributed by atoms with Gasteiger partial charge in [-0.2, -0.15) is 14.6 Å². The molecule has 0 radical (unpaired) electrons. The van der Waals surface area contributed by atoms with Gasteiger partial charge in [-0.1, -0.05) is 0 Å². The average Bonchev–Trinajstić information content (AvgIpc) is 2.80. The zero-order valence-electron chi connectivity index (χ0n) is 9.70. The van der Waals surface area contributed by atoms with Gasteiger partial charge >= 0.3 is 0 Å². The smallest absolute Gasteiger partial charge is 0.254 e. The normalized spacial score (nSPS) is 10.7. The Morgan fingerprint density at radius 2 is 2.00 bits per heavy atom. The third-order valence-corrected chi connectivity index (χ3v) is 2.52. The molecular formula is C12H11N5O. The summed E-state index contributed by atoms with van der Waals surface area (Å²) < 4.78 is 1.62. The summed E-state index contributed by atoms with van der Waals surface area (Å²) in [5, 5.41) is 16.6. The molecule has 2 aromatic heterocycles. The minimum atomic E-state index is 0.234. The van der Waals surface area contributed by atoms with Crippen molar-refractivity contribution in [1.29, 1.82) is 0 Å². The number of phenolic OH excluding ortho intramolecular Hbond substituents is 1. The van der Waals surface area contributed by atoms with Gasteiger partial charge in [0.15, 0.2) is 0 Å². The van der Waals surface area contributed by atoms with Crippen molar-refractivity contribution in [1.82, 2.24) is 19.6 Å². The molecule has 0 aliphatic heterocycles. The molecule has 6 nitrogen and oxygen atoms in total. The van der Waals surface area contributed by atoms with Gasteiger partial charge in [-0.25, -0.2) is 4.98 Å². The molecule has 3 aromatic rings. The van der Waals surface area contributed by atoms with E-state index >= 15 is 0 Å². The number of anilines is 2. The minimum Gasteiger partial charge on any atom is -0.508 e. The van der Waals surface area contributed by atoms with Crippen LogP contribution in [0.4, 0.5) is 11.5 Å². The first kappa shape index (κ1) is 10.5. The lowest BCUT2D eigenvalue weighted by atomic mass is 10.3. The maximum absolute atomic E-state index is 9.24. The molecule has 0 aliphatic carbocycles. The molecule has 2 N–H and O–H groups in total. The van der Waals surface area contributed by atoms with Crippen LogP contribution in [0.2, 0.25) is 0 Å². The molecule has 0 saturated carbocycles. The van der Waals surface area contributed by atoms with Crippen molar-refractivity contribution < 1.29 is 5.11 Å². The lowest BCUT2D eigenvalue weighted by molar-refractivity contribution is 0.475. The number of fused-ring (bicyclic) bond motifs is 1. The van der Waals surface area contributed by atoms with E-state index in [1.54, 1.807) is 28.8 Å². The van der Waals surface area contributed by atoms with Crippen LogP contribution in [0.5, 0.6) is 5.75 Å². The van der Waals surface area contributed by atoms with Crippen LogP contribution >= 0.6 is 0 Å². The zero-order valence-corrected chi connectivity index (χ0v) is 9.70. The first-order valence-electron chi connectivity index (χ1n) is 5.46. The Morgan fingerprint density at radius 1 is 1.22 bits per heavy atom. The highest BCUT2D eigenvalue weighted by Gasteiger charge is 2.05. The number of rotatable bonds is 2. The highest BCUT2D eigenvalue weighted by atomic mass is 16.3. The number of benzene rings is 1. The molecule has 0 bridgehead atoms. The molecule has 2 heterocycles. The second-order valence-corrected chi connectivity index (χ2v) is 3.93.